The van der Waals surface area contributed by atoms with Crippen LogP contribution in [0.15, 0.2) is 41.0 Å². The smallest absolute Gasteiger partial charge is 0.352 e. The number of anilines is 2. The van der Waals surface area contributed by atoms with Crippen molar-refractivity contribution >= 4 is 67.7 Å². The van der Waals surface area contributed by atoms with E-state index < -0.39 is 45.2 Å². The zero-order valence-corrected chi connectivity index (χ0v) is 22.6. The fraction of sp³-hybridized carbons (Fsp3) is 0.350. The van der Waals surface area contributed by atoms with Crippen LogP contribution in [-0.4, -0.2) is 85.5 Å². The SMILES string of the molecule is CCON=C(C(=O)NC1C(=O)N2C(C(=O)O)=C(C[n+]3cccc(NCS(=O)(=O)[O-])c3)CS[C@@H]12)c1nsc(N)n1. The Labute approximate surface area is 229 Å². The van der Waals surface area contributed by atoms with Crippen molar-refractivity contribution in [1.29, 1.82) is 0 Å². The molecule has 0 aromatic carbocycles. The topological polar surface area (TPSA) is 233 Å². The molecule has 0 radical (unpaired) electrons. The van der Waals surface area contributed by atoms with Gasteiger partial charge in [0.05, 0.1) is 5.69 Å². The van der Waals surface area contributed by atoms with Crippen molar-refractivity contribution in [2.75, 3.05) is 29.3 Å². The summed E-state index contributed by atoms with van der Waals surface area (Å²) in [4.78, 5) is 48.2. The number of nitrogens with zero attached hydrogens (tertiary/aromatic N) is 5. The van der Waals surface area contributed by atoms with Gasteiger partial charge in [0.2, 0.25) is 11.5 Å². The number of carboxylic acid groups (broad SMARTS) is 1. The van der Waals surface area contributed by atoms with Crippen molar-refractivity contribution in [2.45, 2.75) is 24.9 Å². The summed E-state index contributed by atoms with van der Waals surface area (Å²) in [6.07, 6.45) is 3.13. The second-order valence-corrected chi connectivity index (χ2v) is 11.4. The Bertz CT molecular complexity index is 1470. The van der Waals surface area contributed by atoms with Gasteiger partial charge >= 0.3 is 5.97 Å². The van der Waals surface area contributed by atoms with Gasteiger partial charge in [0.25, 0.3) is 11.8 Å². The third kappa shape index (κ3) is 6.44. The highest BCUT2D eigenvalue weighted by atomic mass is 32.2. The van der Waals surface area contributed by atoms with E-state index in [4.69, 9.17) is 10.6 Å². The van der Waals surface area contributed by atoms with Crippen molar-refractivity contribution in [3.8, 4) is 0 Å². The van der Waals surface area contributed by atoms with Gasteiger partial charge < -0.3 is 30.9 Å². The number of nitrogens with one attached hydrogen (secondary N) is 2. The highest BCUT2D eigenvalue weighted by Gasteiger charge is 2.54. The van der Waals surface area contributed by atoms with Crippen LogP contribution < -0.4 is 20.9 Å². The average molecular weight is 599 g/mol. The van der Waals surface area contributed by atoms with Crippen LogP contribution in [0.4, 0.5) is 10.8 Å². The molecule has 39 heavy (non-hydrogen) atoms. The molecule has 1 unspecified atom stereocenters. The number of fused-ring (bicyclic) bond motifs is 1. The zero-order chi connectivity index (χ0) is 28.3. The Kier molecular flexibility index (Phi) is 8.33. The van der Waals surface area contributed by atoms with E-state index in [0.717, 1.165) is 16.4 Å². The number of aliphatic carboxylic acids is 1. The first-order valence-corrected chi connectivity index (χ1v) is 14.6. The molecule has 2 aromatic heterocycles. The molecule has 208 valence electrons. The van der Waals surface area contributed by atoms with Gasteiger partial charge in [-0.1, -0.05) is 5.16 Å². The minimum atomic E-state index is -4.49. The number of amides is 2. The van der Waals surface area contributed by atoms with Crippen LogP contribution in [0.25, 0.3) is 0 Å². The number of hydrogen-bond donors (Lipinski definition) is 4. The first-order chi connectivity index (χ1) is 18.5. The lowest BCUT2D eigenvalue weighted by atomic mass is 10.0. The van der Waals surface area contributed by atoms with E-state index in [1.165, 1.54) is 18.0 Å². The molecule has 0 spiro atoms. The monoisotopic (exact) mass is 598 g/mol. The van der Waals surface area contributed by atoms with Gasteiger partial charge in [0.1, 0.15) is 39.7 Å². The van der Waals surface area contributed by atoms with Crippen LogP contribution >= 0.6 is 23.3 Å². The van der Waals surface area contributed by atoms with Crippen molar-refractivity contribution in [3.63, 3.8) is 0 Å². The summed E-state index contributed by atoms with van der Waals surface area (Å²) in [6.45, 7) is 1.90. The Hall–Kier alpha value is -3.81. The Morgan fingerprint density at radius 1 is 1.44 bits per heavy atom. The number of oxime groups is 1. The lowest BCUT2D eigenvalue weighted by molar-refractivity contribution is -0.688. The summed E-state index contributed by atoms with van der Waals surface area (Å²) < 4.78 is 38.2. The van der Waals surface area contributed by atoms with E-state index in [-0.39, 0.29) is 41.3 Å². The second-order valence-electron chi connectivity index (χ2n) is 8.08. The quantitative estimate of drug-likeness (QED) is 0.0759. The number of pyridine rings is 1. The number of thioether (sulfide) groups is 1. The highest BCUT2D eigenvalue weighted by Crippen LogP contribution is 2.40. The number of β-lactam (4-membered cyclic amide) rings is 1. The van der Waals surface area contributed by atoms with E-state index in [1.54, 1.807) is 29.8 Å². The fourth-order valence-corrected chi connectivity index (χ4v) is 5.89. The van der Waals surface area contributed by atoms with Crippen LogP contribution in [0.2, 0.25) is 0 Å². The van der Waals surface area contributed by atoms with Crippen molar-refractivity contribution in [2.24, 2.45) is 5.16 Å². The molecule has 2 aliphatic rings. The molecule has 2 aliphatic heterocycles. The number of carbonyl (C=O) groups is 3. The van der Waals surface area contributed by atoms with Crippen molar-refractivity contribution in [3.05, 3.63) is 41.6 Å². The molecule has 19 heteroatoms. The highest BCUT2D eigenvalue weighted by molar-refractivity contribution is 8.00. The number of carbonyl (C=O) groups excluding carboxylic acids is 2. The molecule has 0 aliphatic carbocycles. The number of rotatable bonds is 11. The van der Waals surface area contributed by atoms with Gasteiger partial charge in [0, 0.05) is 28.9 Å². The lowest BCUT2D eigenvalue weighted by Crippen LogP contribution is -2.71. The van der Waals surface area contributed by atoms with Gasteiger partial charge in [-0.05, 0) is 13.0 Å². The number of hydrogen-bond acceptors (Lipinski definition) is 14. The molecule has 4 heterocycles. The number of aromatic nitrogens is 3. The molecule has 1 fully saturated rings. The normalized spacial score (nSPS) is 19.3. The van der Waals surface area contributed by atoms with Gasteiger partial charge in [-0.25, -0.2) is 13.2 Å². The summed E-state index contributed by atoms with van der Waals surface area (Å²) in [6, 6.07) is 2.10. The lowest BCUT2D eigenvalue weighted by Gasteiger charge is -2.49. The first-order valence-electron chi connectivity index (χ1n) is 11.2. The average Bonchev–Trinajstić information content (AvgIpc) is 3.31. The third-order valence-electron chi connectivity index (χ3n) is 5.37. The standard InChI is InChI=1S/C20H22N8O8S3/c1-2-36-25-12(15-24-20(21)38-26-15)16(29)23-13-17(30)28-14(19(31)32)10(8-37-18(13)28)6-27-5-3-4-11(7-27)22-9-39(33,34)35/h3-5,7,13,18,22H,2,6,8-9H2,1H3,(H4-,21,23,24,26,29,31,32,33,34,35)/t13?,18-/m0/s1. The predicted molar refractivity (Wildman–Crippen MR) is 137 cm³/mol. The van der Waals surface area contributed by atoms with Crippen LogP contribution in [0, 0.1) is 0 Å². The third-order valence-corrected chi connectivity index (χ3v) is 7.75. The Morgan fingerprint density at radius 3 is 2.85 bits per heavy atom. The summed E-state index contributed by atoms with van der Waals surface area (Å²) in [5, 5.41) is 18.1. The molecule has 1 saturated heterocycles. The maximum absolute atomic E-state index is 13.0. The molecule has 0 saturated carbocycles. The van der Waals surface area contributed by atoms with Crippen LogP contribution in [0.5, 0.6) is 0 Å². The van der Waals surface area contributed by atoms with E-state index in [0.29, 0.717) is 11.3 Å². The van der Waals surface area contributed by atoms with E-state index in [9.17, 15) is 32.5 Å². The molecule has 0 bridgehead atoms. The van der Waals surface area contributed by atoms with Crippen LogP contribution in [0.1, 0.15) is 12.7 Å². The summed E-state index contributed by atoms with van der Waals surface area (Å²) in [5.41, 5.74) is 5.86. The molecule has 2 atom stereocenters. The van der Waals surface area contributed by atoms with Gasteiger partial charge in [-0.15, -0.1) is 11.8 Å². The maximum Gasteiger partial charge on any atom is 0.352 e. The molecule has 2 amide bonds. The zero-order valence-electron chi connectivity index (χ0n) is 20.1. The van der Waals surface area contributed by atoms with Crippen LogP contribution in [-0.2, 0) is 35.9 Å². The Morgan fingerprint density at radius 2 is 2.21 bits per heavy atom. The van der Waals surface area contributed by atoms with Gasteiger partial charge in [-0.2, -0.15) is 13.9 Å². The summed E-state index contributed by atoms with van der Waals surface area (Å²) >= 11 is 2.11. The molecular weight excluding hydrogens is 576 g/mol. The van der Waals surface area contributed by atoms with Gasteiger partial charge in [-0.3, -0.25) is 14.5 Å². The molecule has 4 rings (SSSR count). The number of carboxylic acids is 1. The van der Waals surface area contributed by atoms with Gasteiger partial charge in [0.15, 0.2) is 24.1 Å². The van der Waals surface area contributed by atoms with Crippen molar-refractivity contribution < 1.29 is 41.9 Å². The van der Waals surface area contributed by atoms with E-state index >= 15 is 0 Å². The predicted octanol–water partition coefficient (Wildman–Crippen LogP) is -1.50. The molecule has 2 aromatic rings. The minimum absolute atomic E-state index is 0.0709. The van der Waals surface area contributed by atoms with Crippen LogP contribution in [0.3, 0.4) is 0 Å². The molecule has 5 N–H and O–H groups in total. The van der Waals surface area contributed by atoms with Crippen molar-refractivity contribution in [1.82, 2.24) is 19.6 Å². The molecular formula is C20H22N8O8S3. The summed E-state index contributed by atoms with van der Waals surface area (Å²) in [5.74, 6) is -3.38. The number of nitrogens with two attached hydrogens (primary N) is 1. The van der Waals surface area contributed by atoms with E-state index in [2.05, 4.69) is 25.1 Å². The Balaban J connectivity index is 1.51. The fourth-order valence-electron chi connectivity index (χ4n) is 3.78. The first kappa shape index (κ1) is 28.2. The van der Waals surface area contributed by atoms with E-state index in [1.807, 2.05) is 0 Å². The summed E-state index contributed by atoms with van der Waals surface area (Å²) in [7, 11) is -4.49. The molecule has 16 nitrogen and oxygen atoms in total. The minimum Gasteiger partial charge on any atom is -0.747 e. The number of nitrogen functional groups attached to an aromatic ring is 1. The largest absolute Gasteiger partial charge is 0.747 e. The second kappa shape index (κ2) is 11.5. The maximum atomic E-state index is 13.0.